The van der Waals surface area contributed by atoms with Crippen molar-refractivity contribution in [2.24, 2.45) is 0 Å². The van der Waals surface area contributed by atoms with E-state index in [0.717, 1.165) is 25.2 Å². The second-order valence-corrected chi connectivity index (χ2v) is 10.1. The Balaban J connectivity index is 1.25. The standard InChI is InChI=1S/C27H30BrN7O3/c1-29-26(37)21-4-2-3-5-23(21)32-25-22(28)15-30-27(33-25)31-20-7-6-19-16-34(9-8-18(19)14-20)17-24(36)35-10-12-38-13-11-35/h2-7,14-15H,8-13,16-17H2,1H3,(H,29,37)(H2,30,31,32,33). The molecule has 2 aliphatic rings. The average Bonchev–Trinajstić information content (AvgIpc) is 2.95. The zero-order valence-electron chi connectivity index (χ0n) is 21.2. The van der Waals surface area contributed by atoms with E-state index in [1.165, 1.54) is 11.1 Å². The van der Waals surface area contributed by atoms with Crippen LogP contribution in [0.15, 0.2) is 53.1 Å². The molecular weight excluding hydrogens is 550 g/mol. The van der Waals surface area contributed by atoms with Gasteiger partial charge in [0.1, 0.15) is 5.82 Å². The van der Waals surface area contributed by atoms with Gasteiger partial charge in [0, 0.05) is 45.1 Å². The topological polar surface area (TPSA) is 112 Å². The Hall–Kier alpha value is -3.54. The minimum Gasteiger partial charge on any atom is -0.378 e. The molecule has 0 aliphatic carbocycles. The number of hydrogen-bond acceptors (Lipinski definition) is 8. The molecule has 3 heterocycles. The third kappa shape index (κ3) is 6.12. The van der Waals surface area contributed by atoms with E-state index < -0.39 is 0 Å². The van der Waals surface area contributed by atoms with Crippen LogP contribution in [-0.2, 0) is 22.5 Å². The maximum absolute atomic E-state index is 12.6. The molecule has 3 N–H and O–H groups in total. The zero-order valence-corrected chi connectivity index (χ0v) is 22.8. The Bertz CT molecular complexity index is 1330. The molecule has 0 saturated carbocycles. The summed E-state index contributed by atoms with van der Waals surface area (Å²) in [6, 6.07) is 13.5. The zero-order chi connectivity index (χ0) is 26.5. The summed E-state index contributed by atoms with van der Waals surface area (Å²) >= 11 is 3.50. The van der Waals surface area contributed by atoms with Crippen LogP contribution in [0.25, 0.3) is 0 Å². The number of benzene rings is 2. The summed E-state index contributed by atoms with van der Waals surface area (Å²) < 4.78 is 6.03. The third-order valence-corrected chi connectivity index (χ3v) is 7.25. The van der Waals surface area contributed by atoms with E-state index in [1.54, 1.807) is 19.3 Å². The first-order valence-corrected chi connectivity index (χ1v) is 13.4. The molecule has 2 aromatic carbocycles. The second kappa shape index (κ2) is 11.9. The van der Waals surface area contributed by atoms with Gasteiger partial charge in [0.05, 0.1) is 35.5 Å². The smallest absolute Gasteiger partial charge is 0.253 e. The first-order valence-electron chi connectivity index (χ1n) is 12.6. The van der Waals surface area contributed by atoms with Gasteiger partial charge in [-0.1, -0.05) is 18.2 Å². The molecule has 0 spiro atoms. The molecule has 0 bridgehead atoms. The highest BCUT2D eigenvalue weighted by Crippen LogP contribution is 2.28. The summed E-state index contributed by atoms with van der Waals surface area (Å²) in [6.07, 6.45) is 2.54. The van der Waals surface area contributed by atoms with E-state index in [0.29, 0.717) is 60.3 Å². The number of rotatable bonds is 7. The van der Waals surface area contributed by atoms with Gasteiger partial charge < -0.3 is 25.6 Å². The maximum atomic E-state index is 12.6. The molecule has 1 saturated heterocycles. The summed E-state index contributed by atoms with van der Waals surface area (Å²) in [7, 11) is 1.60. The Morgan fingerprint density at radius 2 is 1.87 bits per heavy atom. The van der Waals surface area contributed by atoms with Crippen molar-refractivity contribution in [3.05, 3.63) is 69.8 Å². The predicted octanol–water partition coefficient (Wildman–Crippen LogP) is 3.30. The number of amides is 2. The van der Waals surface area contributed by atoms with Gasteiger partial charge >= 0.3 is 0 Å². The van der Waals surface area contributed by atoms with Crippen LogP contribution in [0, 0.1) is 0 Å². The van der Waals surface area contributed by atoms with Gasteiger partial charge in [-0.15, -0.1) is 0 Å². The molecule has 0 radical (unpaired) electrons. The number of fused-ring (bicyclic) bond motifs is 1. The molecule has 2 amide bonds. The summed E-state index contributed by atoms with van der Waals surface area (Å²) in [5, 5.41) is 9.18. The first-order chi connectivity index (χ1) is 18.5. The van der Waals surface area contributed by atoms with Crippen LogP contribution in [0.5, 0.6) is 0 Å². The van der Waals surface area contributed by atoms with Crippen LogP contribution < -0.4 is 16.0 Å². The molecule has 11 heteroatoms. The van der Waals surface area contributed by atoms with Crippen molar-refractivity contribution in [2.75, 3.05) is 57.1 Å². The lowest BCUT2D eigenvalue weighted by molar-refractivity contribution is -0.136. The van der Waals surface area contributed by atoms with Crippen molar-refractivity contribution in [2.45, 2.75) is 13.0 Å². The molecule has 198 valence electrons. The lowest BCUT2D eigenvalue weighted by Crippen LogP contribution is -2.46. The highest BCUT2D eigenvalue weighted by Gasteiger charge is 2.23. The minimum atomic E-state index is -0.185. The molecule has 0 atom stereocenters. The van der Waals surface area contributed by atoms with E-state index in [1.807, 2.05) is 29.2 Å². The van der Waals surface area contributed by atoms with Crippen molar-refractivity contribution < 1.29 is 14.3 Å². The Morgan fingerprint density at radius 3 is 2.68 bits per heavy atom. The number of nitrogens with zero attached hydrogens (tertiary/aromatic N) is 4. The quantitative estimate of drug-likeness (QED) is 0.391. The average molecular weight is 580 g/mol. The number of ether oxygens (including phenoxy) is 1. The predicted molar refractivity (Wildman–Crippen MR) is 149 cm³/mol. The molecule has 2 aliphatic heterocycles. The normalized spacial score (nSPS) is 15.5. The van der Waals surface area contributed by atoms with E-state index in [2.05, 4.69) is 58.9 Å². The molecule has 38 heavy (non-hydrogen) atoms. The fourth-order valence-electron chi connectivity index (χ4n) is 4.62. The third-order valence-electron chi connectivity index (χ3n) is 6.67. The molecule has 5 rings (SSSR count). The number of hydrogen-bond donors (Lipinski definition) is 3. The lowest BCUT2D eigenvalue weighted by Gasteiger charge is -2.32. The van der Waals surface area contributed by atoms with Crippen molar-refractivity contribution in [3.63, 3.8) is 0 Å². The SMILES string of the molecule is CNC(=O)c1ccccc1Nc1nc(Nc2ccc3c(c2)CCN(CC(=O)N2CCOCC2)C3)ncc1Br. The summed E-state index contributed by atoms with van der Waals surface area (Å²) in [5.41, 5.74) is 4.52. The van der Waals surface area contributed by atoms with Gasteiger partial charge in [-0.25, -0.2) is 4.98 Å². The molecule has 1 fully saturated rings. The molecule has 10 nitrogen and oxygen atoms in total. The molecule has 1 aromatic heterocycles. The number of carbonyl (C=O) groups is 2. The van der Waals surface area contributed by atoms with Crippen LogP contribution in [0.1, 0.15) is 21.5 Å². The number of para-hydroxylation sites is 1. The van der Waals surface area contributed by atoms with Gasteiger partial charge in [0.2, 0.25) is 11.9 Å². The minimum absolute atomic E-state index is 0.171. The van der Waals surface area contributed by atoms with E-state index >= 15 is 0 Å². The van der Waals surface area contributed by atoms with Crippen LogP contribution in [0.4, 0.5) is 23.1 Å². The van der Waals surface area contributed by atoms with Gasteiger partial charge in [-0.05, 0) is 57.7 Å². The number of morpholine rings is 1. The van der Waals surface area contributed by atoms with E-state index in [-0.39, 0.29) is 11.8 Å². The van der Waals surface area contributed by atoms with Crippen LogP contribution in [0.3, 0.4) is 0 Å². The number of carbonyl (C=O) groups excluding carboxylic acids is 2. The number of anilines is 4. The van der Waals surface area contributed by atoms with Crippen molar-refractivity contribution >= 4 is 50.9 Å². The number of halogens is 1. The Morgan fingerprint density at radius 1 is 1.05 bits per heavy atom. The Labute approximate surface area is 229 Å². The molecule has 0 unspecified atom stereocenters. The fraction of sp³-hybridized carbons (Fsp3) is 0.333. The monoisotopic (exact) mass is 579 g/mol. The number of nitrogens with one attached hydrogen (secondary N) is 3. The van der Waals surface area contributed by atoms with Gasteiger partial charge in [0.25, 0.3) is 5.91 Å². The maximum Gasteiger partial charge on any atom is 0.253 e. The molecule has 3 aromatic rings. The van der Waals surface area contributed by atoms with Crippen molar-refractivity contribution in [1.29, 1.82) is 0 Å². The summed E-state index contributed by atoms with van der Waals surface area (Å²) in [4.78, 5) is 38.0. The van der Waals surface area contributed by atoms with E-state index in [9.17, 15) is 9.59 Å². The second-order valence-electron chi connectivity index (χ2n) is 9.20. The highest BCUT2D eigenvalue weighted by atomic mass is 79.9. The molecular formula is C27H30BrN7O3. The van der Waals surface area contributed by atoms with Gasteiger partial charge in [-0.3, -0.25) is 14.5 Å². The van der Waals surface area contributed by atoms with Crippen LogP contribution in [0.2, 0.25) is 0 Å². The first kappa shape index (κ1) is 26.1. The lowest BCUT2D eigenvalue weighted by atomic mass is 9.99. The van der Waals surface area contributed by atoms with Gasteiger partial charge in [0.15, 0.2) is 0 Å². The largest absolute Gasteiger partial charge is 0.378 e. The van der Waals surface area contributed by atoms with Crippen LogP contribution >= 0.6 is 15.9 Å². The highest BCUT2D eigenvalue weighted by molar-refractivity contribution is 9.10. The summed E-state index contributed by atoms with van der Waals surface area (Å²) in [6.45, 7) is 4.60. The Kier molecular flexibility index (Phi) is 8.16. The van der Waals surface area contributed by atoms with Crippen molar-refractivity contribution in [3.8, 4) is 0 Å². The number of aromatic nitrogens is 2. The van der Waals surface area contributed by atoms with Gasteiger partial charge in [-0.2, -0.15) is 4.98 Å². The summed E-state index contributed by atoms with van der Waals surface area (Å²) in [5.74, 6) is 0.957. The fourth-order valence-corrected chi connectivity index (χ4v) is 4.91. The van der Waals surface area contributed by atoms with Crippen molar-refractivity contribution in [1.82, 2.24) is 25.1 Å². The van der Waals surface area contributed by atoms with E-state index in [4.69, 9.17) is 4.74 Å². The van der Waals surface area contributed by atoms with Crippen LogP contribution in [-0.4, -0.2) is 78.0 Å².